The maximum Gasteiger partial charge on any atom is 0.303 e. The van der Waals surface area contributed by atoms with Gasteiger partial charge in [-0.05, 0) is 12.1 Å². The van der Waals surface area contributed by atoms with Gasteiger partial charge in [0.25, 0.3) is 11.8 Å². The molecule has 1 aromatic carbocycles. The zero-order valence-corrected chi connectivity index (χ0v) is 16.9. The Morgan fingerprint density at radius 1 is 0.935 bits per heavy atom. The molecule has 1 saturated heterocycles. The average Bonchev–Trinajstić information content (AvgIpc) is 2.93. The van der Waals surface area contributed by atoms with Crippen LogP contribution in [-0.4, -0.2) is 71.9 Å². The molecular weight excluding hydrogens is 417 g/mol. The minimum absolute atomic E-state index is 0.0485. The van der Waals surface area contributed by atoms with Crippen LogP contribution in [0.15, 0.2) is 24.3 Å². The molecule has 0 saturated carbocycles. The molecular formula is C20H20FNO9. The van der Waals surface area contributed by atoms with Crippen molar-refractivity contribution in [2.75, 3.05) is 6.61 Å². The maximum atomic E-state index is 15.2. The molecule has 0 aromatic heterocycles. The first-order valence-electron chi connectivity index (χ1n) is 9.36. The summed E-state index contributed by atoms with van der Waals surface area (Å²) < 4.78 is 35.7. The van der Waals surface area contributed by atoms with Crippen molar-refractivity contribution < 1.29 is 47.3 Å². The highest BCUT2D eigenvalue weighted by Crippen LogP contribution is 2.35. The van der Waals surface area contributed by atoms with E-state index < -0.39 is 67.0 Å². The molecule has 3 rings (SSSR count). The summed E-state index contributed by atoms with van der Waals surface area (Å²) in [6.45, 7) is 2.70. The van der Waals surface area contributed by atoms with Gasteiger partial charge in [-0.2, -0.15) is 0 Å². The molecule has 1 aromatic rings. The number of fused-ring (bicyclic) bond motifs is 1. The molecule has 0 N–H and O–H groups in total. The van der Waals surface area contributed by atoms with Crippen molar-refractivity contribution in [2.45, 2.75) is 51.5 Å². The third kappa shape index (κ3) is 4.41. The lowest BCUT2D eigenvalue weighted by atomic mass is 9.95. The molecule has 2 aliphatic heterocycles. The lowest BCUT2D eigenvalue weighted by Gasteiger charge is -2.44. The molecule has 0 spiro atoms. The van der Waals surface area contributed by atoms with Crippen LogP contribution in [0.2, 0.25) is 0 Å². The van der Waals surface area contributed by atoms with Crippen LogP contribution >= 0.6 is 0 Å². The second-order valence-corrected chi connectivity index (χ2v) is 6.99. The van der Waals surface area contributed by atoms with Crippen LogP contribution in [0.25, 0.3) is 0 Å². The average molecular weight is 437 g/mol. The monoisotopic (exact) mass is 437 g/mol. The second kappa shape index (κ2) is 8.80. The van der Waals surface area contributed by atoms with Crippen molar-refractivity contribution in [3.63, 3.8) is 0 Å². The van der Waals surface area contributed by atoms with Crippen molar-refractivity contribution in [1.29, 1.82) is 0 Å². The highest BCUT2D eigenvalue weighted by Gasteiger charge is 2.57. The van der Waals surface area contributed by atoms with Gasteiger partial charge in [0.15, 0.2) is 12.2 Å². The third-order valence-corrected chi connectivity index (χ3v) is 4.78. The molecule has 0 unspecified atom stereocenters. The number of ether oxygens (including phenoxy) is 4. The van der Waals surface area contributed by atoms with Crippen LogP contribution in [0.5, 0.6) is 0 Å². The van der Waals surface area contributed by atoms with E-state index in [1.165, 1.54) is 24.3 Å². The molecule has 2 amide bonds. The van der Waals surface area contributed by atoms with Gasteiger partial charge in [0, 0.05) is 20.8 Å². The highest BCUT2D eigenvalue weighted by atomic mass is 19.1. The summed E-state index contributed by atoms with van der Waals surface area (Å²) in [7, 11) is 0. The van der Waals surface area contributed by atoms with Crippen molar-refractivity contribution >= 4 is 29.7 Å². The predicted octanol–water partition coefficient (Wildman–Crippen LogP) is 0.772. The number of carbonyl (C=O) groups excluding carboxylic acids is 5. The Labute approximate surface area is 176 Å². The Kier molecular flexibility index (Phi) is 6.34. The van der Waals surface area contributed by atoms with E-state index in [0.29, 0.717) is 4.90 Å². The van der Waals surface area contributed by atoms with E-state index in [-0.39, 0.29) is 11.1 Å². The quantitative estimate of drug-likeness (QED) is 0.373. The maximum absolute atomic E-state index is 15.2. The van der Waals surface area contributed by atoms with Crippen LogP contribution in [0.3, 0.4) is 0 Å². The Bertz CT molecular complexity index is 898. The third-order valence-electron chi connectivity index (χ3n) is 4.78. The van der Waals surface area contributed by atoms with Crippen LogP contribution in [-0.2, 0) is 33.3 Å². The van der Waals surface area contributed by atoms with Gasteiger partial charge in [-0.1, -0.05) is 12.1 Å². The lowest BCUT2D eigenvalue weighted by molar-refractivity contribution is -0.253. The number of hydrogen-bond donors (Lipinski definition) is 0. The second-order valence-electron chi connectivity index (χ2n) is 6.99. The molecule has 0 aliphatic carbocycles. The Morgan fingerprint density at radius 2 is 1.45 bits per heavy atom. The van der Waals surface area contributed by atoms with E-state index in [4.69, 9.17) is 18.9 Å². The number of esters is 3. The number of carbonyl (C=O) groups is 5. The Balaban J connectivity index is 2.01. The van der Waals surface area contributed by atoms with Gasteiger partial charge in [-0.25, -0.2) is 4.39 Å². The van der Waals surface area contributed by atoms with E-state index in [1.54, 1.807) is 0 Å². The molecule has 2 aliphatic rings. The van der Waals surface area contributed by atoms with Crippen molar-refractivity contribution in [2.24, 2.45) is 0 Å². The zero-order valence-electron chi connectivity index (χ0n) is 16.9. The van der Waals surface area contributed by atoms with Gasteiger partial charge in [0.1, 0.15) is 18.8 Å². The molecule has 1 fully saturated rings. The highest BCUT2D eigenvalue weighted by molar-refractivity contribution is 6.21. The number of nitrogens with zero attached hydrogens (tertiary/aromatic N) is 1. The first-order chi connectivity index (χ1) is 14.6. The minimum atomic E-state index is -2.32. The molecule has 5 atom stereocenters. The van der Waals surface area contributed by atoms with Gasteiger partial charge in [0.2, 0.25) is 6.36 Å². The zero-order chi connectivity index (χ0) is 22.9. The van der Waals surface area contributed by atoms with Gasteiger partial charge in [-0.15, -0.1) is 0 Å². The number of amides is 2. The number of halogens is 1. The number of alkyl halides is 1. The summed E-state index contributed by atoms with van der Waals surface area (Å²) in [4.78, 5) is 61.0. The van der Waals surface area contributed by atoms with E-state index in [1.807, 2.05) is 0 Å². The Morgan fingerprint density at radius 3 is 1.94 bits per heavy atom. The first kappa shape index (κ1) is 22.3. The molecule has 10 nitrogen and oxygen atoms in total. The van der Waals surface area contributed by atoms with Gasteiger partial charge < -0.3 is 18.9 Å². The lowest BCUT2D eigenvalue weighted by Crippen LogP contribution is -2.66. The fourth-order valence-corrected chi connectivity index (χ4v) is 3.62. The van der Waals surface area contributed by atoms with E-state index in [0.717, 1.165) is 20.8 Å². The van der Waals surface area contributed by atoms with Crippen molar-refractivity contribution in [3.8, 4) is 0 Å². The van der Waals surface area contributed by atoms with Crippen LogP contribution in [0, 0.1) is 0 Å². The van der Waals surface area contributed by atoms with Crippen molar-refractivity contribution in [1.82, 2.24) is 4.90 Å². The minimum Gasteiger partial charge on any atom is -0.463 e. The summed E-state index contributed by atoms with van der Waals surface area (Å²) in [5.41, 5.74) is 0.0969. The standard InChI is InChI=1S/C20H20FNO9/c1-9(23)28-8-14-16(29-10(2)24)17(30-11(3)25)15(18(21)31-14)22-19(26)12-6-4-5-7-13(12)20(22)27/h4-7,14-18H,8H2,1-3H3/t14-,15+,16-,17-,18+/m1/s1. The van der Waals surface area contributed by atoms with Gasteiger partial charge in [0.05, 0.1) is 11.1 Å². The summed E-state index contributed by atoms with van der Waals surface area (Å²) in [6, 6.07) is 4.14. The summed E-state index contributed by atoms with van der Waals surface area (Å²) >= 11 is 0. The van der Waals surface area contributed by atoms with E-state index in [9.17, 15) is 24.0 Å². The van der Waals surface area contributed by atoms with E-state index in [2.05, 4.69) is 0 Å². The SMILES string of the molecule is CC(=O)OC[C@H]1O[C@H](F)[C@@H](N2C(=O)c3ccccc3C2=O)[C@@H](OC(C)=O)[C@@H]1OC(C)=O. The molecule has 31 heavy (non-hydrogen) atoms. The van der Waals surface area contributed by atoms with Crippen molar-refractivity contribution in [3.05, 3.63) is 35.4 Å². The fraction of sp³-hybridized carbons (Fsp3) is 0.450. The van der Waals surface area contributed by atoms with Crippen LogP contribution < -0.4 is 0 Å². The van der Waals surface area contributed by atoms with E-state index >= 15 is 4.39 Å². The topological polar surface area (TPSA) is 126 Å². The molecule has 11 heteroatoms. The first-order valence-corrected chi connectivity index (χ1v) is 9.36. The van der Waals surface area contributed by atoms with Crippen LogP contribution in [0.4, 0.5) is 4.39 Å². The Hall–Kier alpha value is -3.34. The molecule has 166 valence electrons. The van der Waals surface area contributed by atoms with Crippen LogP contribution in [0.1, 0.15) is 41.5 Å². The van der Waals surface area contributed by atoms with Gasteiger partial charge in [-0.3, -0.25) is 28.9 Å². The normalized spacial score (nSPS) is 27.5. The number of imide groups is 1. The molecule has 0 radical (unpaired) electrons. The smallest absolute Gasteiger partial charge is 0.303 e. The largest absolute Gasteiger partial charge is 0.463 e. The molecule has 0 bridgehead atoms. The number of hydrogen-bond acceptors (Lipinski definition) is 9. The summed E-state index contributed by atoms with van der Waals surface area (Å²) in [5.74, 6) is -4.02. The predicted molar refractivity (Wildman–Crippen MR) is 98.2 cm³/mol. The number of benzene rings is 1. The summed E-state index contributed by atoms with van der Waals surface area (Å²) in [6.07, 6.45) is -6.73. The summed E-state index contributed by atoms with van der Waals surface area (Å²) in [5, 5.41) is 0. The molecule has 2 heterocycles. The van der Waals surface area contributed by atoms with Gasteiger partial charge >= 0.3 is 17.9 Å². The fourth-order valence-electron chi connectivity index (χ4n) is 3.62. The number of rotatable bonds is 5.